The molecule has 2 rings (SSSR count). The maximum Gasteiger partial charge on any atom is 0.106 e. The van der Waals surface area contributed by atoms with Crippen LogP contribution >= 0.6 is 0 Å². The summed E-state index contributed by atoms with van der Waals surface area (Å²) in [6.07, 6.45) is 3.91. The van der Waals surface area contributed by atoms with Gasteiger partial charge < -0.3 is 9.88 Å². The molecule has 0 amide bonds. The van der Waals surface area contributed by atoms with Crippen molar-refractivity contribution in [1.29, 1.82) is 0 Å². The van der Waals surface area contributed by atoms with Gasteiger partial charge in [0.1, 0.15) is 5.82 Å². The molecule has 0 aromatic carbocycles. The van der Waals surface area contributed by atoms with Gasteiger partial charge in [-0.25, -0.2) is 4.98 Å². The lowest BCUT2D eigenvalue weighted by Crippen LogP contribution is -2.23. The normalized spacial score (nSPS) is 21.1. The summed E-state index contributed by atoms with van der Waals surface area (Å²) < 4.78 is 2.34. The number of nitrogens with one attached hydrogen (secondary N) is 1. The lowest BCUT2D eigenvalue weighted by Gasteiger charge is -2.12. The molecular formula is C12H21N3. The van der Waals surface area contributed by atoms with E-state index in [0.717, 1.165) is 18.4 Å². The fraction of sp³-hybridized carbons (Fsp3) is 0.750. The van der Waals surface area contributed by atoms with Crippen LogP contribution in [0.3, 0.4) is 0 Å². The topological polar surface area (TPSA) is 29.9 Å². The van der Waals surface area contributed by atoms with Gasteiger partial charge in [0.25, 0.3) is 0 Å². The highest BCUT2D eigenvalue weighted by molar-refractivity contribution is 5.13. The minimum absolute atomic E-state index is 0.728. The summed E-state index contributed by atoms with van der Waals surface area (Å²) in [5.41, 5.74) is 2.50. The first-order valence-electron chi connectivity index (χ1n) is 5.92. The Morgan fingerprint density at radius 2 is 2.20 bits per heavy atom. The lowest BCUT2D eigenvalue weighted by molar-refractivity contribution is 0.495. The first-order valence-corrected chi connectivity index (χ1v) is 5.92. The predicted octanol–water partition coefficient (Wildman–Crippen LogP) is 1.95. The highest BCUT2D eigenvalue weighted by atomic mass is 15.1. The van der Waals surface area contributed by atoms with Crippen molar-refractivity contribution in [2.24, 2.45) is 0 Å². The van der Waals surface area contributed by atoms with Crippen molar-refractivity contribution in [1.82, 2.24) is 14.9 Å². The largest absolute Gasteiger partial charge is 0.332 e. The molecule has 1 aromatic heterocycles. The zero-order valence-electron chi connectivity index (χ0n) is 10.0. The molecule has 84 valence electrons. The van der Waals surface area contributed by atoms with Crippen molar-refractivity contribution < 1.29 is 0 Å². The molecule has 1 aliphatic rings. The van der Waals surface area contributed by atoms with Gasteiger partial charge >= 0.3 is 0 Å². The van der Waals surface area contributed by atoms with E-state index in [9.17, 15) is 0 Å². The van der Waals surface area contributed by atoms with E-state index in [-0.39, 0.29) is 0 Å². The molecule has 15 heavy (non-hydrogen) atoms. The van der Waals surface area contributed by atoms with E-state index < -0.39 is 0 Å². The molecule has 1 N–H and O–H groups in total. The number of nitrogens with zero attached hydrogens (tertiary/aromatic N) is 2. The second kappa shape index (κ2) is 4.35. The van der Waals surface area contributed by atoms with E-state index in [0.29, 0.717) is 0 Å². The zero-order valence-corrected chi connectivity index (χ0v) is 10.0. The van der Waals surface area contributed by atoms with Crippen LogP contribution in [0.15, 0.2) is 0 Å². The maximum absolute atomic E-state index is 4.50. The van der Waals surface area contributed by atoms with Gasteiger partial charge in [0.15, 0.2) is 0 Å². The van der Waals surface area contributed by atoms with E-state index in [2.05, 4.69) is 35.6 Å². The van der Waals surface area contributed by atoms with Crippen molar-refractivity contribution >= 4 is 0 Å². The second-order valence-corrected chi connectivity index (χ2v) is 4.56. The van der Waals surface area contributed by atoms with Crippen molar-refractivity contribution in [3.05, 3.63) is 17.2 Å². The Labute approximate surface area is 91.9 Å². The van der Waals surface area contributed by atoms with Gasteiger partial charge in [-0.1, -0.05) is 0 Å². The second-order valence-electron chi connectivity index (χ2n) is 4.56. The summed E-state index contributed by atoms with van der Waals surface area (Å²) in [7, 11) is 0. The maximum atomic E-state index is 4.50. The third-order valence-corrected chi connectivity index (χ3v) is 3.51. The Morgan fingerprint density at radius 1 is 1.40 bits per heavy atom. The Morgan fingerprint density at radius 3 is 2.73 bits per heavy atom. The van der Waals surface area contributed by atoms with Gasteiger partial charge in [-0.3, -0.25) is 0 Å². The number of imidazole rings is 1. The molecule has 3 heteroatoms. The van der Waals surface area contributed by atoms with Gasteiger partial charge in [-0.2, -0.15) is 0 Å². The van der Waals surface area contributed by atoms with Gasteiger partial charge in [0.05, 0.1) is 5.69 Å². The number of aryl methyl sites for hydroxylation is 2. The van der Waals surface area contributed by atoms with Crippen LogP contribution < -0.4 is 5.32 Å². The zero-order chi connectivity index (χ0) is 10.8. The highest BCUT2D eigenvalue weighted by Crippen LogP contribution is 2.14. The molecule has 1 unspecified atom stereocenters. The van der Waals surface area contributed by atoms with E-state index in [4.69, 9.17) is 0 Å². The van der Waals surface area contributed by atoms with Crippen LogP contribution in [-0.4, -0.2) is 22.1 Å². The van der Waals surface area contributed by atoms with Gasteiger partial charge in [-0.05, 0) is 46.6 Å². The predicted molar refractivity (Wildman–Crippen MR) is 62.1 cm³/mol. The SMILES string of the molecule is Cc1nc(C)n(CCC2CCCN2)c1C. The van der Waals surface area contributed by atoms with Gasteiger partial charge in [-0.15, -0.1) is 0 Å². The fourth-order valence-electron chi connectivity index (χ4n) is 2.44. The molecule has 1 atom stereocenters. The molecule has 2 heterocycles. The number of hydrogen-bond donors (Lipinski definition) is 1. The van der Waals surface area contributed by atoms with Crippen LogP contribution in [0.4, 0.5) is 0 Å². The number of rotatable bonds is 3. The van der Waals surface area contributed by atoms with E-state index in [1.54, 1.807) is 0 Å². The number of aromatic nitrogens is 2. The quantitative estimate of drug-likeness (QED) is 0.821. The summed E-state index contributed by atoms with van der Waals surface area (Å²) in [5, 5.41) is 3.54. The smallest absolute Gasteiger partial charge is 0.106 e. The Kier molecular flexibility index (Phi) is 3.10. The van der Waals surface area contributed by atoms with Crippen molar-refractivity contribution in [2.45, 2.75) is 52.6 Å². The van der Waals surface area contributed by atoms with Crippen LogP contribution in [0.25, 0.3) is 0 Å². The Balaban J connectivity index is 1.97. The standard InChI is InChI=1S/C12H21N3/c1-9-10(2)15(11(3)14-9)8-6-12-5-4-7-13-12/h12-13H,4-8H2,1-3H3. The molecule has 0 spiro atoms. The minimum Gasteiger partial charge on any atom is -0.332 e. The summed E-state index contributed by atoms with van der Waals surface area (Å²) in [5.74, 6) is 1.16. The van der Waals surface area contributed by atoms with E-state index >= 15 is 0 Å². The third kappa shape index (κ3) is 2.23. The van der Waals surface area contributed by atoms with Crippen molar-refractivity contribution in [3.8, 4) is 0 Å². The van der Waals surface area contributed by atoms with Crippen LogP contribution in [0, 0.1) is 20.8 Å². The third-order valence-electron chi connectivity index (χ3n) is 3.51. The average Bonchev–Trinajstić information content (AvgIpc) is 2.76. The highest BCUT2D eigenvalue weighted by Gasteiger charge is 2.15. The molecule has 3 nitrogen and oxygen atoms in total. The van der Waals surface area contributed by atoms with Crippen molar-refractivity contribution in [2.75, 3.05) is 6.54 Å². The van der Waals surface area contributed by atoms with E-state index in [1.807, 2.05) is 0 Å². The van der Waals surface area contributed by atoms with Crippen LogP contribution in [0.1, 0.15) is 36.5 Å². The van der Waals surface area contributed by atoms with Gasteiger partial charge in [0.2, 0.25) is 0 Å². The van der Waals surface area contributed by atoms with Crippen LogP contribution in [-0.2, 0) is 6.54 Å². The first-order chi connectivity index (χ1) is 7.18. The Bertz CT molecular complexity index is 335. The minimum atomic E-state index is 0.728. The summed E-state index contributed by atoms with van der Waals surface area (Å²) in [6, 6.07) is 0.728. The lowest BCUT2D eigenvalue weighted by atomic mass is 10.1. The molecule has 0 bridgehead atoms. The molecule has 0 saturated carbocycles. The number of hydrogen-bond acceptors (Lipinski definition) is 2. The van der Waals surface area contributed by atoms with Crippen LogP contribution in [0.2, 0.25) is 0 Å². The summed E-state index contributed by atoms with van der Waals surface area (Å²) >= 11 is 0. The average molecular weight is 207 g/mol. The van der Waals surface area contributed by atoms with Gasteiger partial charge in [0, 0.05) is 18.3 Å². The summed E-state index contributed by atoms with van der Waals surface area (Å²) in [4.78, 5) is 4.50. The fourth-order valence-corrected chi connectivity index (χ4v) is 2.44. The molecule has 1 saturated heterocycles. The van der Waals surface area contributed by atoms with Crippen molar-refractivity contribution in [3.63, 3.8) is 0 Å². The molecule has 1 aromatic rings. The van der Waals surface area contributed by atoms with E-state index in [1.165, 1.54) is 37.2 Å². The summed E-state index contributed by atoms with van der Waals surface area (Å²) in [6.45, 7) is 8.66. The molecule has 1 aliphatic heterocycles. The molecule has 0 radical (unpaired) electrons. The molecule has 1 fully saturated rings. The van der Waals surface area contributed by atoms with Crippen LogP contribution in [0.5, 0.6) is 0 Å². The Hall–Kier alpha value is -0.830. The monoisotopic (exact) mass is 207 g/mol. The molecule has 0 aliphatic carbocycles. The molecular weight excluding hydrogens is 186 g/mol. The first kappa shape index (κ1) is 10.7.